The third-order valence-electron chi connectivity index (χ3n) is 4.43. The summed E-state index contributed by atoms with van der Waals surface area (Å²) in [6, 6.07) is 13.9. The van der Waals surface area contributed by atoms with Crippen molar-refractivity contribution in [3.8, 4) is 11.5 Å². The Kier molecular flexibility index (Phi) is 8.54. The minimum Gasteiger partial charge on any atom is -0.490 e. The number of anilines is 1. The summed E-state index contributed by atoms with van der Waals surface area (Å²) in [5.41, 5.74) is 2.46. The van der Waals surface area contributed by atoms with Gasteiger partial charge in [0.05, 0.1) is 31.7 Å². The maximum atomic E-state index is 11.3. The van der Waals surface area contributed by atoms with Crippen LogP contribution in [0.1, 0.15) is 28.4 Å². The predicted molar refractivity (Wildman–Crippen MR) is 132 cm³/mol. The molecule has 0 saturated heterocycles. The molecule has 9 heteroatoms. The topological polar surface area (TPSA) is 67.8 Å². The lowest BCUT2D eigenvalue weighted by Crippen LogP contribution is -2.05. The van der Waals surface area contributed by atoms with E-state index in [1.165, 1.54) is 6.07 Å². The summed E-state index contributed by atoms with van der Waals surface area (Å²) in [6.45, 7) is 3.08. The molecule has 2 N–H and O–H groups in total. The Labute approximate surface area is 209 Å². The van der Waals surface area contributed by atoms with E-state index in [0.717, 1.165) is 15.6 Å². The van der Waals surface area contributed by atoms with Gasteiger partial charge in [0.2, 0.25) is 0 Å². The van der Waals surface area contributed by atoms with E-state index in [-0.39, 0.29) is 17.2 Å². The van der Waals surface area contributed by atoms with Gasteiger partial charge in [0.25, 0.3) is 0 Å². The van der Waals surface area contributed by atoms with E-state index in [2.05, 4.69) is 21.2 Å². The molecule has 0 heterocycles. The molecule has 3 aromatic rings. The highest BCUT2D eigenvalue weighted by molar-refractivity contribution is 9.10. The number of ether oxygens (including phenoxy) is 2. The molecule has 5 nitrogen and oxygen atoms in total. The lowest BCUT2D eigenvalue weighted by atomic mass is 10.1. The van der Waals surface area contributed by atoms with Crippen LogP contribution in [0.25, 0.3) is 0 Å². The molecule has 32 heavy (non-hydrogen) atoms. The minimum absolute atomic E-state index is 0.0407. The Hall–Kier alpha value is -2.12. The summed E-state index contributed by atoms with van der Waals surface area (Å²) in [7, 11) is 0. The van der Waals surface area contributed by atoms with Crippen molar-refractivity contribution < 1.29 is 19.4 Å². The van der Waals surface area contributed by atoms with Crippen molar-refractivity contribution >= 4 is 62.4 Å². The van der Waals surface area contributed by atoms with Crippen molar-refractivity contribution in [1.29, 1.82) is 0 Å². The molecule has 0 radical (unpaired) electrons. The van der Waals surface area contributed by atoms with Crippen molar-refractivity contribution in [3.05, 3.63) is 84.8 Å². The first-order valence-corrected chi connectivity index (χ1v) is 11.5. The number of halogens is 4. The van der Waals surface area contributed by atoms with Gasteiger partial charge < -0.3 is 19.9 Å². The minimum atomic E-state index is -1.08. The van der Waals surface area contributed by atoms with Crippen LogP contribution in [0, 0.1) is 0 Å². The van der Waals surface area contributed by atoms with Gasteiger partial charge in [0, 0.05) is 12.2 Å². The van der Waals surface area contributed by atoms with Gasteiger partial charge in [-0.2, -0.15) is 0 Å². The maximum absolute atomic E-state index is 11.3. The lowest BCUT2D eigenvalue weighted by molar-refractivity contribution is 0.0697. The van der Waals surface area contributed by atoms with Crippen LogP contribution < -0.4 is 14.8 Å². The molecular weight excluding hydrogens is 541 g/mol. The van der Waals surface area contributed by atoms with E-state index in [9.17, 15) is 9.90 Å². The van der Waals surface area contributed by atoms with Crippen molar-refractivity contribution in [2.45, 2.75) is 20.1 Å². The average Bonchev–Trinajstić information content (AvgIpc) is 2.75. The number of carboxylic acid groups (broad SMARTS) is 1. The van der Waals surface area contributed by atoms with Crippen LogP contribution in [0.3, 0.4) is 0 Å². The normalized spacial score (nSPS) is 10.7. The molecule has 3 rings (SSSR count). The van der Waals surface area contributed by atoms with Crippen LogP contribution in [0.4, 0.5) is 5.69 Å². The summed E-state index contributed by atoms with van der Waals surface area (Å²) in [5.74, 6) is 0.0749. The maximum Gasteiger partial charge on any atom is 0.337 e. The Balaban J connectivity index is 1.76. The quantitative estimate of drug-likeness (QED) is 0.281. The number of hydrogen-bond donors (Lipinski definition) is 2. The zero-order valence-corrected chi connectivity index (χ0v) is 20.8. The van der Waals surface area contributed by atoms with E-state index in [0.29, 0.717) is 40.4 Å². The van der Waals surface area contributed by atoms with E-state index in [4.69, 9.17) is 44.3 Å². The number of hydrogen-bond acceptors (Lipinski definition) is 4. The Morgan fingerprint density at radius 3 is 2.41 bits per heavy atom. The van der Waals surface area contributed by atoms with E-state index < -0.39 is 5.97 Å². The first-order valence-electron chi connectivity index (χ1n) is 9.57. The third kappa shape index (κ3) is 6.23. The second-order valence-corrected chi connectivity index (χ2v) is 8.80. The summed E-state index contributed by atoms with van der Waals surface area (Å²) < 4.78 is 12.5. The summed E-state index contributed by atoms with van der Waals surface area (Å²) in [4.78, 5) is 11.3. The van der Waals surface area contributed by atoms with Gasteiger partial charge in [-0.3, -0.25) is 0 Å². The van der Waals surface area contributed by atoms with Gasteiger partial charge in [0.1, 0.15) is 6.61 Å². The molecule has 0 amide bonds. The second kappa shape index (κ2) is 11.1. The standard InChI is InChI=1S/C23H19BrCl3NO4/c1-2-31-21-9-14(11-28-15-4-6-18(25)16(10-15)23(29)30)7-17(24)22(21)32-12-13-3-5-19(26)20(27)8-13/h3-10,28H,2,11-12H2,1H3,(H,29,30). The van der Waals surface area contributed by atoms with Crippen LogP contribution in [0.15, 0.2) is 53.0 Å². The van der Waals surface area contributed by atoms with Crippen LogP contribution in [0.2, 0.25) is 15.1 Å². The fourth-order valence-corrected chi connectivity index (χ4v) is 4.04. The zero-order valence-electron chi connectivity index (χ0n) is 16.9. The summed E-state index contributed by atoms with van der Waals surface area (Å²) in [6.07, 6.45) is 0. The first-order chi connectivity index (χ1) is 15.3. The highest BCUT2D eigenvalue weighted by Crippen LogP contribution is 2.38. The van der Waals surface area contributed by atoms with Crippen molar-refractivity contribution in [3.63, 3.8) is 0 Å². The lowest BCUT2D eigenvalue weighted by Gasteiger charge is -2.16. The van der Waals surface area contributed by atoms with Gasteiger partial charge >= 0.3 is 5.97 Å². The molecule has 3 aromatic carbocycles. The van der Waals surface area contributed by atoms with Crippen LogP contribution in [-0.4, -0.2) is 17.7 Å². The van der Waals surface area contributed by atoms with Crippen molar-refractivity contribution in [1.82, 2.24) is 0 Å². The molecular formula is C23H19BrCl3NO4. The van der Waals surface area contributed by atoms with Gasteiger partial charge in [-0.25, -0.2) is 4.79 Å². The predicted octanol–water partition coefficient (Wildman–Crippen LogP) is 7.70. The first kappa shape index (κ1) is 24.5. The number of aromatic carboxylic acids is 1. The molecule has 0 atom stereocenters. The van der Waals surface area contributed by atoms with E-state index in [1.807, 2.05) is 25.1 Å². The molecule has 0 saturated carbocycles. The monoisotopic (exact) mass is 557 g/mol. The Bertz CT molecular complexity index is 1140. The summed E-state index contributed by atoms with van der Waals surface area (Å²) in [5, 5.41) is 13.6. The molecule has 0 aromatic heterocycles. The molecule has 0 unspecified atom stereocenters. The number of rotatable bonds is 9. The fraction of sp³-hybridized carbons (Fsp3) is 0.174. The van der Waals surface area contributed by atoms with Gasteiger partial charge in [0.15, 0.2) is 11.5 Å². The van der Waals surface area contributed by atoms with Gasteiger partial charge in [-0.1, -0.05) is 40.9 Å². The highest BCUT2D eigenvalue weighted by atomic mass is 79.9. The fourth-order valence-electron chi connectivity index (χ4n) is 2.91. The largest absolute Gasteiger partial charge is 0.490 e. The number of benzene rings is 3. The van der Waals surface area contributed by atoms with Crippen molar-refractivity contribution in [2.75, 3.05) is 11.9 Å². The number of carboxylic acids is 1. The molecule has 0 bridgehead atoms. The molecule has 0 aliphatic carbocycles. The second-order valence-electron chi connectivity index (χ2n) is 6.73. The smallest absolute Gasteiger partial charge is 0.337 e. The Morgan fingerprint density at radius 1 is 0.969 bits per heavy atom. The van der Waals surface area contributed by atoms with Gasteiger partial charge in [-0.05, 0) is 76.4 Å². The number of nitrogens with one attached hydrogen (secondary N) is 1. The SMILES string of the molecule is CCOc1cc(CNc2ccc(Cl)c(C(=O)O)c2)cc(Br)c1OCc1ccc(Cl)c(Cl)c1. The van der Waals surface area contributed by atoms with Crippen LogP contribution >= 0.6 is 50.7 Å². The molecule has 0 fully saturated rings. The van der Waals surface area contributed by atoms with Crippen molar-refractivity contribution in [2.24, 2.45) is 0 Å². The Morgan fingerprint density at radius 2 is 1.72 bits per heavy atom. The highest BCUT2D eigenvalue weighted by Gasteiger charge is 2.14. The van der Waals surface area contributed by atoms with E-state index >= 15 is 0 Å². The van der Waals surface area contributed by atoms with Crippen LogP contribution in [0.5, 0.6) is 11.5 Å². The molecule has 168 valence electrons. The number of carbonyl (C=O) groups is 1. The average molecular weight is 560 g/mol. The van der Waals surface area contributed by atoms with Crippen LogP contribution in [-0.2, 0) is 13.2 Å². The molecule has 0 spiro atoms. The third-order valence-corrected chi connectivity index (χ3v) is 6.09. The van der Waals surface area contributed by atoms with E-state index in [1.54, 1.807) is 24.3 Å². The molecule has 0 aliphatic heterocycles. The van der Waals surface area contributed by atoms with Gasteiger partial charge in [-0.15, -0.1) is 0 Å². The zero-order chi connectivity index (χ0) is 23.3. The summed E-state index contributed by atoms with van der Waals surface area (Å²) >= 11 is 21.5. The molecule has 0 aliphatic rings.